The van der Waals surface area contributed by atoms with Crippen molar-refractivity contribution in [1.29, 1.82) is 0 Å². The lowest BCUT2D eigenvalue weighted by Crippen LogP contribution is -2.48. The van der Waals surface area contributed by atoms with Crippen molar-refractivity contribution in [3.8, 4) is 0 Å². The maximum absolute atomic E-state index is 12.8. The Bertz CT molecular complexity index is 953. The first kappa shape index (κ1) is 20.2. The Morgan fingerprint density at radius 1 is 0.931 bits per heavy atom. The van der Waals surface area contributed by atoms with Crippen molar-refractivity contribution < 1.29 is 19.2 Å². The fourth-order valence-electron chi connectivity index (χ4n) is 3.10. The number of anilines is 1. The summed E-state index contributed by atoms with van der Waals surface area (Å²) < 4.78 is 0. The van der Waals surface area contributed by atoms with Crippen LogP contribution in [0.25, 0.3) is 0 Å². The smallest absolute Gasteiger partial charge is 0.293 e. The van der Waals surface area contributed by atoms with Crippen molar-refractivity contribution in [2.24, 2.45) is 5.73 Å². The third-order valence-corrected chi connectivity index (χ3v) is 4.70. The molecule has 0 saturated carbocycles. The van der Waals surface area contributed by atoms with Crippen LogP contribution in [0.15, 0.2) is 42.5 Å². The largest absolute Gasteiger partial charge is 0.397 e. The van der Waals surface area contributed by atoms with E-state index in [1.54, 1.807) is 4.90 Å². The van der Waals surface area contributed by atoms with Crippen LogP contribution in [0.4, 0.5) is 5.69 Å². The minimum Gasteiger partial charge on any atom is -0.397 e. The number of carbonyl (C=O) groups excluding carboxylic acids is 4. The average molecular weight is 395 g/mol. The number of rotatable bonds is 6. The number of hydrogen-bond donors (Lipinski definition) is 2. The molecule has 29 heavy (non-hydrogen) atoms. The van der Waals surface area contributed by atoms with Gasteiger partial charge in [0.15, 0.2) is 0 Å². The molecule has 0 aliphatic carbocycles. The molecule has 1 aromatic heterocycles. The first-order valence-corrected chi connectivity index (χ1v) is 9.07. The lowest BCUT2D eigenvalue weighted by atomic mass is 10.1. The number of nitrogen functional groups attached to an aromatic ring is 1. The molecule has 3 rings (SSSR count). The molecule has 2 heterocycles. The number of amides is 2. The van der Waals surface area contributed by atoms with Crippen LogP contribution in [0.1, 0.15) is 26.5 Å². The van der Waals surface area contributed by atoms with Gasteiger partial charge in [-0.15, -0.1) is 0 Å². The normalized spacial score (nSPS) is 14.4. The van der Waals surface area contributed by atoms with E-state index in [1.807, 2.05) is 18.2 Å². The highest BCUT2D eigenvalue weighted by Crippen LogP contribution is 2.15. The average Bonchev–Trinajstić information content (AvgIpc) is 2.74. The van der Waals surface area contributed by atoms with E-state index in [0.717, 1.165) is 6.54 Å². The van der Waals surface area contributed by atoms with Crippen molar-refractivity contribution in [2.75, 3.05) is 31.9 Å². The van der Waals surface area contributed by atoms with Crippen LogP contribution in [0.5, 0.6) is 0 Å². The van der Waals surface area contributed by atoms with E-state index in [0.29, 0.717) is 26.2 Å². The van der Waals surface area contributed by atoms with Crippen LogP contribution in [0.3, 0.4) is 0 Å². The number of hydrogen-bond acceptors (Lipinski definition) is 7. The number of benzene rings is 1. The minimum atomic E-state index is -1.43. The Labute approximate surface area is 167 Å². The van der Waals surface area contributed by atoms with Gasteiger partial charge in [0, 0.05) is 32.7 Å². The highest BCUT2D eigenvalue weighted by Gasteiger charge is 2.28. The van der Waals surface area contributed by atoms with E-state index < -0.39 is 23.2 Å². The first-order valence-electron chi connectivity index (χ1n) is 9.07. The third kappa shape index (κ3) is 4.64. The molecule has 9 heteroatoms. The van der Waals surface area contributed by atoms with Crippen molar-refractivity contribution in [3.63, 3.8) is 0 Å². The molecule has 0 atom stereocenters. The van der Waals surface area contributed by atoms with E-state index in [1.165, 1.54) is 17.7 Å². The second-order valence-corrected chi connectivity index (χ2v) is 6.71. The summed E-state index contributed by atoms with van der Waals surface area (Å²) in [7, 11) is 0. The summed E-state index contributed by atoms with van der Waals surface area (Å²) in [4.78, 5) is 55.1. The highest BCUT2D eigenvalue weighted by atomic mass is 16.2. The summed E-state index contributed by atoms with van der Waals surface area (Å²) >= 11 is 0. The molecular weight excluding hydrogens is 374 g/mol. The molecule has 0 spiro atoms. The second kappa shape index (κ2) is 8.61. The predicted octanol–water partition coefficient (Wildman–Crippen LogP) is -0.141. The fourth-order valence-corrected chi connectivity index (χ4v) is 3.10. The number of nitrogens with zero attached hydrogens (tertiary/aromatic N) is 3. The molecule has 1 fully saturated rings. The lowest BCUT2D eigenvalue weighted by molar-refractivity contribution is -0.133. The molecule has 1 aliphatic rings. The van der Waals surface area contributed by atoms with Gasteiger partial charge in [0.05, 0.1) is 5.69 Å². The number of carbonyl (C=O) groups is 4. The lowest BCUT2D eigenvalue weighted by Gasteiger charge is -2.34. The van der Waals surface area contributed by atoms with Crippen LogP contribution in [0, 0.1) is 0 Å². The molecule has 4 N–H and O–H groups in total. The van der Waals surface area contributed by atoms with Crippen molar-refractivity contribution in [3.05, 3.63) is 59.4 Å². The van der Waals surface area contributed by atoms with E-state index in [-0.39, 0.29) is 17.3 Å². The number of aromatic nitrogens is 1. The highest BCUT2D eigenvalue weighted by molar-refractivity contribution is 6.66. The summed E-state index contributed by atoms with van der Waals surface area (Å²) in [5.74, 6) is -4.42. The second-order valence-electron chi connectivity index (χ2n) is 6.71. The quantitative estimate of drug-likeness (QED) is 0.394. The van der Waals surface area contributed by atoms with Gasteiger partial charge in [-0.3, -0.25) is 24.1 Å². The molecule has 9 nitrogen and oxygen atoms in total. The maximum Gasteiger partial charge on any atom is 0.293 e. The van der Waals surface area contributed by atoms with Gasteiger partial charge in [0.25, 0.3) is 23.4 Å². The molecular formula is C20H21N5O4. The van der Waals surface area contributed by atoms with Gasteiger partial charge in [-0.25, -0.2) is 4.98 Å². The Kier molecular flexibility index (Phi) is 5.99. The zero-order chi connectivity index (χ0) is 21.0. The molecule has 1 aromatic carbocycles. The molecule has 1 aliphatic heterocycles. The summed E-state index contributed by atoms with van der Waals surface area (Å²) in [6.07, 6.45) is 0. The van der Waals surface area contributed by atoms with Gasteiger partial charge in [0.1, 0.15) is 11.4 Å². The Hall–Kier alpha value is -3.59. The monoisotopic (exact) mass is 395 g/mol. The molecule has 0 bridgehead atoms. The van der Waals surface area contributed by atoms with E-state index >= 15 is 0 Å². The number of pyridine rings is 1. The van der Waals surface area contributed by atoms with E-state index in [4.69, 9.17) is 11.5 Å². The van der Waals surface area contributed by atoms with Gasteiger partial charge in [-0.1, -0.05) is 30.3 Å². The molecule has 150 valence electrons. The van der Waals surface area contributed by atoms with E-state index in [9.17, 15) is 19.2 Å². The zero-order valence-corrected chi connectivity index (χ0v) is 15.7. The van der Waals surface area contributed by atoms with Gasteiger partial charge in [-0.05, 0) is 17.7 Å². The topological polar surface area (TPSA) is 140 Å². The van der Waals surface area contributed by atoms with Crippen molar-refractivity contribution in [1.82, 2.24) is 14.8 Å². The van der Waals surface area contributed by atoms with Crippen LogP contribution in [0.2, 0.25) is 0 Å². The molecule has 2 amide bonds. The van der Waals surface area contributed by atoms with Gasteiger partial charge < -0.3 is 16.4 Å². The van der Waals surface area contributed by atoms with Crippen molar-refractivity contribution >= 4 is 29.1 Å². The predicted molar refractivity (Wildman–Crippen MR) is 105 cm³/mol. The number of Topliss-reactive ketones (excluding diaryl/α,β-unsaturated/α-hetero) is 2. The summed E-state index contributed by atoms with van der Waals surface area (Å²) in [6, 6.07) is 12.8. The minimum absolute atomic E-state index is 0.0173. The van der Waals surface area contributed by atoms with Crippen LogP contribution in [-0.2, 0) is 16.1 Å². The Morgan fingerprint density at radius 2 is 1.59 bits per heavy atom. The van der Waals surface area contributed by atoms with Gasteiger partial charge in [0.2, 0.25) is 0 Å². The van der Waals surface area contributed by atoms with E-state index in [2.05, 4.69) is 22.0 Å². The molecule has 2 aromatic rings. The summed E-state index contributed by atoms with van der Waals surface area (Å²) in [5, 5.41) is 0. The molecule has 1 saturated heterocycles. The Balaban J connectivity index is 1.67. The Morgan fingerprint density at radius 3 is 2.21 bits per heavy atom. The van der Waals surface area contributed by atoms with Crippen LogP contribution < -0.4 is 11.5 Å². The maximum atomic E-state index is 12.8. The standard InChI is InChI=1S/C20H21N5O4/c21-14-6-7-15(23-16(14)17(26)18(27)19(22)28)20(29)25-10-8-24(9-11-25)12-13-4-2-1-3-5-13/h1-7H,8-12,21H2,(H2,22,28). The number of piperazine rings is 1. The fraction of sp³-hybridized carbons (Fsp3) is 0.250. The molecule has 0 unspecified atom stereocenters. The van der Waals surface area contributed by atoms with Crippen LogP contribution in [-0.4, -0.2) is 64.3 Å². The SMILES string of the molecule is NC(=O)C(=O)C(=O)c1nc(C(=O)N2CCN(Cc3ccccc3)CC2)ccc1N. The third-order valence-electron chi connectivity index (χ3n) is 4.70. The van der Waals surface area contributed by atoms with Crippen molar-refractivity contribution in [2.45, 2.75) is 6.54 Å². The number of ketones is 2. The van der Waals surface area contributed by atoms with Crippen LogP contribution >= 0.6 is 0 Å². The number of nitrogens with two attached hydrogens (primary N) is 2. The first-order chi connectivity index (χ1) is 13.9. The summed E-state index contributed by atoms with van der Waals surface area (Å²) in [6.45, 7) is 3.20. The number of primary amides is 1. The van der Waals surface area contributed by atoms with Gasteiger partial charge in [-0.2, -0.15) is 0 Å². The zero-order valence-electron chi connectivity index (χ0n) is 15.7. The van der Waals surface area contributed by atoms with Gasteiger partial charge >= 0.3 is 0 Å². The molecule has 0 radical (unpaired) electrons. The summed E-state index contributed by atoms with van der Waals surface area (Å²) in [5.41, 5.74) is 11.2.